The highest BCUT2D eigenvalue weighted by atomic mass is 35.5. The molecule has 0 heterocycles. The van der Waals surface area contributed by atoms with E-state index < -0.39 is 0 Å². The maximum atomic E-state index is 12.9. The van der Waals surface area contributed by atoms with E-state index in [1.807, 2.05) is 30.4 Å². The normalized spacial score (nSPS) is 17.4. The molecule has 0 aromatic heterocycles. The summed E-state index contributed by atoms with van der Waals surface area (Å²) >= 11 is 5.96. The first-order valence-electron chi connectivity index (χ1n) is 8.69. The van der Waals surface area contributed by atoms with Gasteiger partial charge in [0, 0.05) is 16.7 Å². The number of Topliss-reactive ketones (excluding diaryl/α,β-unsaturated/α-hetero) is 1. The van der Waals surface area contributed by atoms with Crippen LogP contribution >= 0.6 is 11.6 Å². The van der Waals surface area contributed by atoms with Gasteiger partial charge in [-0.1, -0.05) is 29.8 Å². The Morgan fingerprint density at radius 1 is 1.04 bits per heavy atom. The second kappa shape index (κ2) is 8.31. The van der Waals surface area contributed by atoms with Crippen LogP contribution in [0.25, 0.3) is 12.2 Å². The van der Waals surface area contributed by atoms with Crippen molar-refractivity contribution in [1.82, 2.24) is 0 Å². The van der Waals surface area contributed by atoms with Crippen LogP contribution in [-0.2, 0) is 4.79 Å². The molecule has 1 aliphatic rings. The first kappa shape index (κ1) is 19.1. The van der Waals surface area contributed by atoms with Gasteiger partial charge >= 0.3 is 0 Å². The lowest BCUT2D eigenvalue weighted by molar-refractivity contribution is -0.112. The van der Waals surface area contributed by atoms with E-state index in [1.165, 1.54) is 6.07 Å². The van der Waals surface area contributed by atoms with Crippen LogP contribution in [0.1, 0.15) is 30.4 Å². The van der Waals surface area contributed by atoms with Crippen LogP contribution in [-0.4, -0.2) is 25.1 Å². The van der Waals surface area contributed by atoms with Gasteiger partial charge in [-0.2, -0.15) is 0 Å². The molecule has 5 heteroatoms. The summed E-state index contributed by atoms with van der Waals surface area (Å²) in [5.74, 6) is 1.29. The molecule has 1 fully saturated rings. The van der Waals surface area contributed by atoms with Gasteiger partial charge in [-0.25, -0.2) is 0 Å². The zero-order valence-electron chi connectivity index (χ0n) is 15.3. The summed E-state index contributed by atoms with van der Waals surface area (Å²) in [6.07, 6.45) is 6.03. The van der Waals surface area contributed by atoms with Gasteiger partial charge < -0.3 is 14.6 Å². The number of hydrogen-bond acceptors (Lipinski definition) is 4. The molecule has 0 radical (unpaired) electrons. The standard InChI is InChI=1S/C22H21ClO4/c1-26-20-8-4-7-17(22(20)27-2)13-16-6-3-5-15(21(16)25)11-14-9-10-19(24)18(23)12-14/h4,7-13,24H,3,5-6H2,1-2H3/b15-11+,16-13+. The van der Waals surface area contributed by atoms with Crippen molar-refractivity contribution in [3.8, 4) is 17.2 Å². The van der Waals surface area contributed by atoms with E-state index in [2.05, 4.69) is 0 Å². The molecule has 0 atom stereocenters. The number of rotatable bonds is 4. The lowest BCUT2D eigenvalue weighted by Crippen LogP contribution is -2.12. The molecular formula is C22H21ClO4. The van der Waals surface area contributed by atoms with Crippen LogP contribution < -0.4 is 9.47 Å². The number of benzene rings is 2. The van der Waals surface area contributed by atoms with E-state index in [0.717, 1.165) is 28.7 Å². The number of halogens is 1. The van der Waals surface area contributed by atoms with Gasteiger partial charge in [0.2, 0.25) is 0 Å². The van der Waals surface area contributed by atoms with Crippen molar-refractivity contribution in [2.75, 3.05) is 14.2 Å². The average Bonchev–Trinajstić information content (AvgIpc) is 2.67. The Morgan fingerprint density at radius 3 is 2.44 bits per heavy atom. The van der Waals surface area contributed by atoms with Crippen molar-refractivity contribution in [2.45, 2.75) is 19.3 Å². The monoisotopic (exact) mass is 384 g/mol. The number of allylic oxidation sites excluding steroid dienone is 2. The fourth-order valence-corrected chi connectivity index (χ4v) is 3.39. The van der Waals surface area contributed by atoms with E-state index in [-0.39, 0.29) is 16.6 Å². The molecular weight excluding hydrogens is 364 g/mol. The summed E-state index contributed by atoms with van der Waals surface area (Å²) < 4.78 is 10.8. The largest absolute Gasteiger partial charge is 0.506 e. The van der Waals surface area contributed by atoms with Crippen LogP contribution in [0.3, 0.4) is 0 Å². The average molecular weight is 385 g/mol. The van der Waals surface area contributed by atoms with Crippen molar-refractivity contribution < 1.29 is 19.4 Å². The van der Waals surface area contributed by atoms with Crippen LogP contribution in [0.2, 0.25) is 5.02 Å². The van der Waals surface area contributed by atoms with Gasteiger partial charge in [-0.15, -0.1) is 0 Å². The topological polar surface area (TPSA) is 55.8 Å². The van der Waals surface area contributed by atoms with E-state index in [9.17, 15) is 9.90 Å². The number of phenolic OH excluding ortho intramolecular Hbond substituents is 1. The molecule has 2 aromatic rings. The summed E-state index contributed by atoms with van der Waals surface area (Å²) in [5.41, 5.74) is 3.08. The van der Waals surface area contributed by atoms with E-state index >= 15 is 0 Å². The van der Waals surface area contributed by atoms with Crippen molar-refractivity contribution >= 4 is 29.5 Å². The molecule has 0 unspecified atom stereocenters. The van der Waals surface area contributed by atoms with Crippen LogP contribution in [0.15, 0.2) is 47.5 Å². The summed E-state index contributed by atoms with van der Waals surface area (Å²) in [4.78, 5) is 12.9. The van der Waals surface area contributed by atoms with E-state index in [1.54, 1.807) is 26.4 Å². The molecule has 0 aliphatic heterocycles. The summed E-state index contributed by atoms with van der Waals surface area (Å²) in [6.45, 7) is 0. The summed E-state index contributed by atoms with van der Waals surface area (Å²) in [7, 11) is 3.17. The lowest BCUT2D eigenvalue weighted by atomic mass is 9.86. The Balaban J connectivity index is 1.94. The number of aromatic hydroxyl groups is 1. The second-order valence-corrected chi connectivity index (χ2v) is 6.72. The minimum Gasteiger partial charge on any atom is -0.506 e. The Labute approximate surface area is 163 Å². The van der Waals surface area contributed by atoms with Gasteiger partial charge in [-0.05, 0) is 55.2 Å². The number of para-hydroxylation sites is 1. The smallest absolute Gasteiger partial charge is 0.185 e. The van der Waals surface area contributed by atoms with Crippen molar-refractivity contribution in [3.05, 3.63) is 63.7 Å². The van der Waals surface area contributed by atoms with Gasteiger partial charge in [0.1, 0.15) is 5.75 Å². The zero-order valence-corrected chi connectivity index (χ0v) is 16.0. The first-order valence-corrected chi connectivity index (χ1v) is 9.06. The SMILES string of the molecule is COc1cccc(/C=C2\CCC/C(=C\c3ccc(O)c(Cl)c3)C2=O)c1OC. The zero-order chi connectivity index (χ0) is 19.4. The minimum absolute atomic E-state index is 0.0234. The Hall–Kier alpha value is -2.72. The molecule has 1 aliphatic carbocycles. The Bertz CT molecular complexity index is 928. The highest BCUT2D eigenvalue weighted by Gasteiger charge is 2.21. The maximum absolute atomic E-state index is 12.9. The lowest BCUT2D eigenvalue weighted by Gasteiger charge is -2.17. The number of carbonyl (C=O) groups excluding carboxylic acids is 1. The molecule has 0 amide bonds. The number of ether oxygens (including phenoxy) is 2. The molecule has 0 saturated heterocycles. The van der Waals surface area contributed by atoms with Gasteiger partial charge in [0.25, 0.3) is 0 Å². The predicted molar refractivity (Wildman–Crippen MR) is 107 cm³/mol. The quantitative estimate of drug-likeness (QED) is 0.728. The molecule has 1 N–H and O–H groups in total. The summed E-state index contributed by atoms with van der Waals surface area (Å²) in [5, 5.41) is 9.82. The number of methoxy groups -OCH3 is 2. The van der Waals surface area contributed by atoms with Crippen LogP contribution in [0.5, 0.6) is 17.2 Å². The molecule has 27 heavy (non-hydrogen) atoms. The van der Waals surface area contributed by atoms with Crippen LogP contribution in [0, 0.1) is 0 Å². The second-order valence-electron chi connectivity index (χ2n) is 6.32. The highest BCUT2D eigenvalue weighted by Crippen LogP contribution is 2.35. The number of hydrogen-bond donors (Lipinski definition) is 1. The number of phenols is 1. The Kier molecular flexibility index (Phi) is 5.87. The molecule has 140 valence electrons. The van der Waals surface area contributed by atoms with Gasteiger partial charge in [0.15, 0.2) is 17.3 Å². The summed E-state index contributed by atoms with van der Waals surface area (Å²) in [6, 6.07) is 10.5. The number of carbonyl (C=O) groups is 1. The van der Waals surface area contributed by atoms with Gasteiger partial charge in [-0.3, -0.25) is 4.79 Å². The molecule has 0 bridgehead atoms. The van der Waals surface area contributed by atoms with Crippen molar-refractivity contribution in [3.63, 3.8) is 0 Å². The molecule has 0 spiro atoms. The van der Waals surface area contributed by atoms with Gasteiger partial charge in [0.05, 0.1) is 19.2 Å². The molecule has 2 aromatic carbocycles. The van der Waals surface area contributed by atoms with Crippen molar-refractivity contribution in [1.29, 1.82) is 0 Å². The highest BCUT2D eigenvalue weighted by molar-refractivity contribution is 6.32. The van der Waals surface area contributed by atoms with E-state index in [0.29, 0.717) is 24.3 Å². The number of ketones is 1. The third-order valence-corrected chi connectivity index (χ3v) is 4.85. The molecule has 4 nitrogen and oxygen atoms in total. The maximum Gasteiger partial charge on any atom is 0.185 e. The fourth-order valence-electron chi connectivity index (χ4n) is 3.21. The van der Waals surface area contributed by atoms with E-state index in [4.69, 9.17) is 21.1 Å². The Morgan fingerprint density at radius 2 is 1.78 bits per heavy atom. The van der Waals surface area contributed by atoms with Crippen LogP contribution in [0.4, 0.5) is 0 Å². The molecule has 1 saturated carbocycles. The third-order valence-electron chi connectivity index (χ3n) is 4.55. The molecule has 3 rings (SSSR count). The fraction of sp³-hybridized carbons (Fsp3) is 0.227. The predicted octanol–water partition coefficient (Wildman–Crippen LogP) is 5.28. The van der Waals surface area contributed by atoms with Crippen molar-refractivity contribution in [2.24, 2.45) is 0 Å². The third kappa shape index (κ3) is 4.17. The minimum atomic E-state index is 0.0234. The first-order chi connectivity index (χ1) is 13.0.